The number of amides is 1. The van der Waals surface area contributed by atoms with E-state index >= 15 is 0 Å². The number of fused-ring (bicyclic) bond motifs is 1. The zero-order valence-corrected chi connectivity index (χ0v) is 13.4. The maximum Gasteiger partial charge on any atom is 0.284 e. The molecule has 1 atom stereocenters. The number of hydrogen-bond acceptors (Lipinski definition) is 7. The monoisotopic (exact) mass is 347 g/mol. The summed E-state index contributed by atoms with van der Waals surface area (Å²) in [7, 11) is 0. The van der Waals surface area contributed by atoms with E-state index in [1.165, 1.54) is 22.8 Å². The van der Waals surface area contributed by atoms with Crippen molar-refractivity contribution in [3.05, 3.63) is 50.7 Å². The first kappa shape index (κ1) is 15.9. The summed E-state index contributed by atoms with van der Waals surface area (Å²) in [6, 6.07) is 8.49. The highest BCUT2D eigenvalue weighted by Crippen LogP contribution is 2.30. The van der Waals surface area contributed by atoms with Crippen molar-refractivity contribution in [1.29, 1.82) is 0 Å². The Hall–Kier alpha value is -2.94. The fourth-order valence-corrected chi connectivity index (χ4v) is 2.83. The van der Waals surface area contributed by atoms with Crippen LogP contribution < -0.4 is 14.9 Å². The van der Waals surface area contributed by atoms with Crippen molar-refractivity contribution < 1.29 is 19.2 Å². The molecule has 0 saturated carbocycles. The molecule has 1 aliphatic heterocycles. The van der Waals surface area contributed by atoms with E-state index in [0.29, 0.717) is 22.1 Å². The molecule has 0 unspecified atom stereocenters. The Morgan fingerprint density at radius 2 is 2.17 bits per heavy atom. The molecule has 1 amide bonds. The maximum atomic E-state index is 12.1. The van der Waals surface area contributed by atoms with Crippen LogP contribution in [0, 0.1) is 10.1 Å². The van der Waals surface area contributed by atoms with Crippen LogP contribution in [-0.4, -0.2) is 29.3 Å². The molecule has 0 radical (unpaired) electrons. The van der Waals surface area contributed by atoms with Crippen molar-refractivity contribution >= 4 is 28.6 Å². The molecular formula is C15H13N3O5S. The molecule has 0 spiro atoms. The van der Waals surface area contributed by atoms with E-state index in [9.17, 15) is 14.9 Å². The average Bonchev–Trinajstić information content (AvgIpc) is 3.09. The number of rotatable bonds is 4. The molecule has 0 bridgehead atoms. The maximum absolute atomic E-state index is 12.1. The van der Waals surface area contributed by atoms with Crippen LogP contribution in [0.4, 0.5) is 5.69 Å². The highest BCUT2D eigenvalue weighted by molar-refractivity contribution is 7.12. The summed E-state index contributed by atoms with van der Waals surface area (Å²) in [6.45, 7) is 1.74. The summed E-state index contributed by atoms with van der Waals surface area (Å²) < 4.78 is 11.0. The number of carbonyl (C=O) groups is 1. The van der Waals surface area contributed by atoms with Crippen molar-refractivity contribution in [3.63, 3.8) is 0 Å². The number of hydrazone groups is 1. The minimum absolute atomic E-state index is 0.00324. The lowest BCUT2D eigenvalue weighted by molar-refractivity contribution is -0.384. The van der Waals surface area contributed by atoms with Crippen molar-refractivity contribution in [2.45, 2.75) is 13.0 Å². The number of carbonyl (C=O) groups excluding carboxylic acids is 1. The van der Waals surface area contributed by atoms with Crippen LogP contribution in [0.25, 0.3) is 0 Å². The summed E-state index contributed by atoms with van der Waals surface area (Å²) in [4.78, 5) is 22.9. The molecule has 124 valence electrons. The SMILES string of the molecule is C/C(=N/NC(=O)[C@H]1COc2ccccc2O1)c1cc([N+](=O)[O-])cs1. The largest absolute Gasteiger partial charge is 0.485 e. The minimum atomic E-state index is -0.811. The van der Waals surface area contributed by atoms with Gasteiger partial charge in [0.05, 0.1) is 20.9 Å². The number of para-hydroxylation sites is 2. The van der Waals surface area contributed by atoms with Crippen LogP contribution in [0.15, 0.2) is 40.8 Å². The first-order valence-corrected chi connectivity index (χ1v) is 7.88. The number of hydrogen-bond donors (Lipinski definition) is 1. The number of benzene rings is 1. The zero-order valence-electron chi connectivity index (χ0n) is 12.6. The highest BCUT2D eigenvalue weighted by Gasteiger charge is 2.27. The molecule has 8 nitrogen and oxygen atoms in total. The van der Waals surface area contributed by atoms with Gasteiger partial charge >= 0.3 is 0 Å². The summed E-state index contributed by atoms with van der Waals surface area (Å²) in [5.41, 5.74) is 2.87. The van der Waals surface area contributed by atoms with Gasteiger partial charge in [-0.05, 0) is 19.1 Å². The van der Waals surface area contributed by atoms with E-state index in [1.807, 2.05) is 6.07 Å². The second-order valence-electron chi connectivity index (χ2n) is 4.96. The molecule has 3 rings (SSSR count). The number of nitrogens with zero attached hydrogens (tertiary/aromatic N) is 2. The topological polar surface area (TPSA) is 103 Å². The number of ether oxygens (including phenoxy) is 2. The van der Waals surface area contributed by atoms with Crippen LogP contribution in [-0.2, 0) is 4.79 Å². The lowest BCUT2D eigenvalue weighted by atomic mass is 10.2. The molecule has 1 aliphatic rings. The Morgan fingerprint density at radius 3 is 2.88 bits per heavy atom. The third-order valence-electron chi connectivity index (χ3n) is 3.29. The molecule has 1 aromatic heterocycles. The van der Waals surface area contributed by atoms with Gasteiger partial charge in [0.2, 0.25) is 6.10 Å². The van der Waals surface area contributed by atoms with Gasteiger partial charge in [-0.1, -0.05) is 12.1 Å². The average molecular weight is 347 g/mol. The van der Waals surface area contributed by atoms with Crippen LogP contribution >= 0.6 is 11.3 Å². The third-order valence-corrected chi connectivity index (χ3v) is 4.31. The Morgan fingerprint density at radius 1 is 1.42 bits per heavy atom. The lowest BCUT2D eigenvalue weighted by Crippen LogP contribution is -2.42. The van der Waals surface area contributed by atoms with Gasteiger partial charge in [-0.2, -0.15) is 5.10 Å². The van der Waals surface area contributed by atoms with Gasteiger partial charge in [0, 0.05) is 6.07 Å². The molecule has 2 aromatic rings. The second-order valence-corrected chi connectivity index (χ2v) is 5.87. The van der Waals surface area contributed by atoms with Gasteiger partial charge in [0.25, 0.3) is 11.6 Å². The molecule has 0 aliphatic carbocycles. The lowest BCUT2D eigenvalue weighted by Gasteiger charge is -2.24. The van der Waals surface area contributed by atoms with Crippen LogP contribution in [0.3, 0.4) is 0 Å². The molecule has 0 fully saturated rings. The molecule has 1 N–H and O–H groups in total. The number of thiophene rings is 1. The van der Waals surface area contributed by atoms with Crippen LogP contribution in [0.2, 0.25) is 0 Å². The first-order valence-electron chi connectivity index (χ1n) is 7.00. The molecule has 1 aromatic carbocycles. The van der Waals surface area contributed by atoms with Crippen molar-refractivity contribution in [2.75, 3.05) is 6.61 Å². The van der Waals surface area contributed by atoms with Gasteiger partial charge < -0.3 is 9.47 Å². The summed E-state index contributed by atoms with van der Waals surface area (Å²) in [5.74, 6) is 0.639. The zero-order chi connectivity index (χ0) is 17.1. The smallest absolute Gasteiger partial charge is 0.284 e. The second kappa shape index (κ2) is 6.67. The molecule has 2 heterocycles. The first-order chi connectivity index (χ1) is 11.5. The predicted molar refractivity (Wildman–Crippen MR) is 87.7 cm³/mol. The number of nitro groups is 1. The summed E-state index contributed by atoms with van der Waals surface area (Å²) in [5, 5.41) is 16.1. The number of nitrogens with one attached hydrogen (secondary N) is 1. The minimum Gasteiger partial charge on any atom is -0.485 e. The van der Waals surface area contributed by atoms with E-state index in [-0.39, 0.29) is 12.3 Å². The van der Waals surface area contributed by atoms with Crippen LogP contribution in [0.5, 0.6) is 11.5 Å². The van der Waals surface area contributed by atoms with Crippen molar-refractivity contribution in [3.8, 4) is 11.5 Å². The van der Waals surface area contributed by atoms with E-state index in [1.54, 1.807) is 25.1 Å². The van der Waals surface area contributed by atoms with Crippen molar-refractivity contribution in [1.82, 2.24) is 5.43 Å². The third kappa shape index (κ3) is 3.35. The van der Waals surface area contributed by atoms with Gasteiger partial charge in [-0.25, -0.2) is 5.43 Å². The summed E-state index contributed by atoms with van der Waals surface area (Å²) >= 11 is 1.18. The van der Waals surface area contributed by atoms with E-state index in [0.717, 1.165) is 0 Å². The standard InChI is InChI=1S/C15H13N3O5S/c1-9(14-6-10(8-24-14)18(20)21)16-17-15(19)13-7-22-11-4-2-3-5-12(11)23-13/h2-6,8,13H,7H2,1H3,(H,17,19)/b16-9-/t13-/m1/s1. The van der Waals surface area contributed by atoms with Gasteiger partial charge in [0.1, 0.15) is 6.61 Å². The summed E-state index contributed by atoms with van der Waals surface area (Å²) in [6.07, 6.45) is -0.811. The normalized spacial score (nSPS) is 16.5. The van der Waals surface area contributed by atoms with E-state index in [2.05, 4.69) is 10.5 Å². The van der Waals surface area contributed by atoms with E-state index in [4.69, 9.17) is 9.47 Å². The Bertz CT molecular complexity index is 817. The fourth-order valence-electron chi connectivity index (χ4n) is 2.03. The Balaban J connectivity index is 1.63. The van der Waals surface area contributed by atoms with Crippen LogP contribution in [0.1, 0.15) is 11.8 Å². The van der Waals surface area contributed by atoms with Gasteiger partial charge in [0.15, 0.2) is 11.5 Å². The predicted octanol–water partition coefficient (Wildman–Crippen LogP) is 2.34. The molecule has 9 heteroatoms. The van der Waals surface area contributed by atoms with Gasteiger partial charge in [-0.3, -0.25) is 14.9 Å². The fraction of sp³-hybridized carbons (Fsp3) is 0.200. The Labute approximate surface area is 140 Å². The van der Waals surface area contributed by atoms with Gasteiger partial charge in [-0.15, -0.1) is 11.3 Å². The molecule has 24 heavy (non-hydrogen) atoms. The molecule has 0 saturated heterocycles. The van der Waals surface area contributed by atoms with E-state index < -0.39 is 16.9 Å². The molecular weight excluding hydrogens is 334 g/mol. The highest BCUT2D eigenvalue weighted by atomic mass is 32.1. The quantitative estimate of drug-likeness (QED) is 0.519. The Kier molecular flexibility index (Phi) is 4.43. The van der Waals surface area contributed by atoms with Crippen molar-refractivity contribution in [2.24, 2.45) is 5.10 Å².